The second kappa shape index (κ2) is 17.2. The molecule has 0 radical (unpaired) electrons. The number of esters is 1. The molecule has 1 aromatic heterocycles. The summed E-state index contributed by atoms with van der Waals surface area (Å²) in [5.74, 6) is -2.90. The van der Waals surface area contributed by atoms with E-state index in [0.29, 0.717) is 49.2 Å². The smallest absolute Gasteiger partial charge is 0.422 e. The maximum absolute atomic E-state index is 13.1. The van der Waals surface area contributed by atoms with Crippen LogP contribution in [0.5, 0.6) is 6.01 Å². The van der Waals surface area contributed by atoms with Crippen molar-refractivity contribution in [2.24, 2.45) is 5.92 Å². The number of hydrogen-bond donors (Lipinski definition) is 5. The van der Waals surface area contributed by atoms with Gasteiger partial charge in [0.15, 0.2) is 6.61 Å². The average Bonchev–Trinajstić information content (AvgIpc) is 3.91. The lowest BCUT2D eigenvalue weighted by Crippen LogP contribution is -2.44. The Hall–Kier alpha value is -5.03. The third-order valence-electron chi connectivity index (χ3n) is 8.93. The van der Waals surface area contributed by atoms with Gasteiger partial charge in [-0.2, -0.15) is 28.1 Å². The molecule has 2 saturated carbocycles. The Bertz CT molecular complexity index is 1770. The van der Waals surface area contributed by atoms with Crippen LogP contribution in [0.15, 0.2) is 48.5 Å². The van der Waals surface area contributed by atoms with Crippen LogP contribution in [-0.2, 0) is 24.7 Å². The van der Waals surface area contributed by atoms with Crippen molar-refractivity contribution in [3.8, 4) is 6.01 Å². The number of aliphatic hydroxyl groups is 1. The number of hydrogen-bond acceptors (Lipinski definition) is 12. The van der Waals surface area contributed by atoms with Crippen LogP contribution < -0.4 is 26.0 Å². The normalized spacial score (nSPS) is 18.2. The molecule has 5 N–H and O–H groups in total. The van der Waals surface area contributed by atoms with Crippen molar-refractivity contribution in [2.45, 2.75) is 75.2 Å². The van der Waals surface area contributed by atoms with Gasteiger partial charge in [-0.1, -0.05) is 23.7 Å². The van der Waals surface area contributed by atoms with E-state index in [9.17, 15) is 37.5 Å². The van der Waals surface area contributed by atoms with Crippen LogP contribution in [-0.4, -0.2) is 82.2 Å². The van der Waals surface area contributed by atoms with Gasteiger partial charge < -0.3 is 35.8 Å². The summed E-state index contributed by atoms with van der Waals surface area (Å²) in [5, 5.41) is 21.3. The Kier molecular flexibility index (Phi) is 12.7. The molecule has 53 heavy (non-hydrogen) atoms. The van der Waals surface area contributed by atoms with E-state index >= 15 is 0 Å². The number of ketones is 1. The summed E-state index contributed by atoms with van der Waals surface area (Å²) in [6, 6.07) is 11.3. The number of benzene rings is 2. The number of amides is 2. The van der Waals surface area contributed by atoms with Gasteiger partial charge in [-0.05, 0) is 92.8 Å². The number of Topliss-reactive ketones (excluding diaryl/α,β-unsaturated/α-hetero) is 1. The highest BCUT2D eigenvalue weighted by molar-refractivity contribution is 6.36. The third-order valence-corrected chi connectivity index (χ3v) is 9.19. The lowest BCUT2D eigenvalue weighted by Gasteiger charge is -2.24. The van der Waals surface area contributed by atoms with Gasteiger partial charge in [0.05, 0.1) is 18.8 Å². The van der Waals surface area contributed by atoms with E-state index in [1.165, 1.54) is 24.3 Å². The fourth-order valence-corrected chi connectivity index (χ4v) is 6.00. The van der Waals surface area contributed by atoms with Crippen LogP contribution in [0.2, 0.25) is 5.02 Å². The minimum absolute atomic E-state index is 0.0255. The van der Waals surface area contributed by atoms with Gasteiger partial charge in [0.25, 0.3) is 11.8 Å². The monoisotopic (exact) mass is 761 g/mol. The molecule has 2 aromatic carbocycles. The second-order valence-electron chi connectivity index (χ2n) is 13.0. The van der Waals surface area contributed by atoms with Crippen molar-refractivity contribution >= 4 is 52.8 Å². The standard InChI is InChI=1S/C35H39ClF3N7O7/c1-52-30(51)26(14-17-40-29(50)27(48)18-20-2-12-25(47)13-3-20)42-28(49)21-4-10-24(11-5-21)41-31-43-32(45-33(44-31)53-19-35(37,38)39)46-34(15-16-34)22-6-8-23(36)9-7-22/h4-11,20,25-26,47H,2-3,12-19H2,1H3,(H,40,50)(H,42,49)(H2,41,43,44,45,46)/t20?,25?,26-/m0/s1. The van der Waals surface area contributed by atoms with Crippen LogP contribution in [0.25, 0.3) is 0 Å². The number of methoxy groups -OCH3 is 1. The van der Waals surface area contributed by atoms with E-state index in [0.717, 1.165) is 12.7 Å². The summed E-state index contributed by atoms with van der Waals surface area (Å²) in [6.07, 6.45) is -1.05. The van der Waals surface area contributed by atoms with E-state index in [1.54, 1.807) is 12.1 Å². The zero-order chi connectivity index (χ0) is 38.2. The summed E-state index contributed by atoms with van der Waals surface area (Å²) in [6.45, 7) is -1.71. The third kappa shape index (κ3) is 11.5. The molecule has 2 aliphatic rings. The molecule has 0 aliphatic heterocycles. The Labute approximate surface area is 307 Å². The van der Waals surface area contributed by atoms with Crippen molar-refractivity contribution in [3.63, 3.8) is 0 Å². The average molecular weight is 762 g/mol. The first-order valence-corrected chi connectivity index (χ1v) is 17.3. The number of rotatable bonds is 16. The molecule has 0 unspecified atom stereocenters. The van der Waals surface area contributed by atoms with Crippen molar-refractivity contribution < 1.29 is 46.9 Å². The fourth-order valence-electron chi connectivity index (χ4n) is 5.87. The number of aromatic nitrogens is 3. The Morgan fingerprint density at radius 1 is 0.962 bits per heavy atom. The van der Waals surface area contributed by atoms with E-state index in [-0.39, 0.29) is 48.9 Å². The van der Waals surface area contributed by atoms with E-state index in [4.69, 9.17) is 21.1 Å². The lowest BCUT2D eigenvalue weighted by molar-refractivity contribution is -0.154. The second-order valence-corrected chi connectivity index (χ2v) is 13.4. The molecule has 14 nitrogen and oxygen atoms in total. The minimum atomic E-state index is -4.63. The molecule has 18 heteroatoms. The number of carbonyl (C=O) groups is 4. The Morgan fingerprint density at radius 3 is 2.25 bits per heavy atom. The van der Waals surface area contributed by atoms with Crippen molar-refractivity contribution in [2.75, 3.05) is 30.9 Å². The van der Waals surface area contributed by atoms with Gasteiger partial charge in [-0.25, -0.2) is 4.79 Å². The predicted molar refractivity (Wildman–Crippen MR) is 186 cm³/mol. The van der Waals surface area contributed by atoms with Gasteiger partial charge in [-0.3, -0.25) is 14.4 Å². The molecule has 0 bridgehead atoms. The first-order valence-electron chi connectivity index (χ1n) is 17.0. The van der Waals surface area contributed by atoms with Crippen molar-refractivity contribution in [3.05, 3.63) is 64.7 Å². The molecule has 5 rings (SSSR count). The summed E-state index contributed by atoms with van der Waals surface area (Å²) in [7, 11) is 1.15. The summed E-state index contributed by atoms with van der Waals surface area (Å²) in [4.78, 5) is 62.6. The highest BCUT2D eigenvalue weighted by atomic mass is 35.5. The zero-order valence-corrected chi connectivity index (χ0v) is 29.4. The lowest BCUT2D eigenvalue weighted by atomic mass is 9.84. The van der Waals surface area contributed by atoms with Crippen LogP contribution in [0.3, 0.4) is 0 Å². The van der Waals surface area contributed by atoms with Crippen LogP contribution in [0.1, 0.15) is 67.3 Å². The van der Waals surface area contributed by atoms with Gasteiger partial charge in [-0.15, -0.1) is 0 Å². The number of carbonyl (C=O) groups excluding carboxylic acids is 4. The van der Waals surface area contributed by atoms with Gasteiger partial charge >= 0.3 is 18.2 Å². The highest BCUT2D eigenvalue weighted by Gasteiger charge is 2.45. The number of nitrogens with one attached hydrogen (secondary N) is 4. The number of aliphatic hydroxyl groups excluding tert-OH is 1. The minimum Gasteiger partial charge on any atom is -0.467 e. The summed E-state index contributed by atoms with van der Waals surface area (Å²) in [5.41, 5.74) is 0.851. The SMILES string of the molecule is COC(=O)[C@H](CCNC(=O)C(=O)CC1CCC(O)CC1)NC(=O)c1ccc(Nc2nc(NC3(c4ccc(Cl)cc4)CC3)nc(OCC(F)(F)F)n2)cc1. The zero-order valence-electron chi connectivity index (χ0n) is 28.7. The molecule has 0 spiro atoms. The van der Waals surface area contributed by atoms with E-state index < -0.39 is 53.9 Å². The van der Waals surface area contributed by atoms with Gasteiger partial charge in [0.1, 0.15) is 6.04 Å². The molecule has 2 amide bonds. The molecule has 1 heterocycles. The first-order chi connectivity index (χ1) is 25.2. The quantitative estimate of drug-likeness (QED) is 0.101. The molecule has 3 aromatic rings. The first kappa shape index (κ1) is 39.2. The molecule has 2 fully saturated rings. The topological polar surface area (TPSA) is 194 Å². The number of alkyl halides is 3. The van der Waals surface area contributed by atoms with Crippen LogP contribution in [0, 0.1) is 5.92 Å². The van der Waals surface area contributed by atoms with Gasteiger partial charge in [0.2, 0.25) is 17.7 Å². The molecule has 0 saturated heterocycles. The number of anilines is 3. The molecular weight excluding hydrogens is 723 g/mol. The maximum Gasteiger partial charge on any atom is 0.422 e. The Balaban J connectivity index is 1.19. The Morgan fingerprint density at radius 2 is 1.62 bits per heavy atom. The van der Waals surface area contributed by atoms with E-state index in [1.807, 2.05) is 12.1 Å². The number of ether oxygens (including phenoxy) is 2. The highest BCUT2D eigenvalue weighted by Crippen LogP contribution is 2.48. The van der Waals surface area contributed by atoms with E-state index in [2.05, 4.69) is 36.2 Å². The van der Waals surface area contributed by atoms with Crippen molar-refractivity contribution in [1.82, 2.24) is 25.6 Å². The van der Waals surface area contributed by atoms with Crippen molar-refractivity contribution in [1.29, 1.82) is 0 Å². The number of nitrogens with zero attached hydrogens (tertiary/aromatic N) is 3. The summed E-state index contributed by atoms with van der Waals surface area (Å²) >= 11 is 6.03. The van der Waals surface area contributed by atoms with Crippen LogP contribution in [0.4, 0.5) is 30.8 Å². The van der Waals surface area contributed by atoms with Crippen LogP contribution >= 0.6 is 11.6 Å². The molecular formula is C35H39ClF3N7O7. The largest absolute Gasteiger partial charge is 0.467 e. The molecule has 1 atom stereocenters. The molecule has 2 aliphatic carbocycles. The fraction of sp³-hybridized carbons (Fsp3) is 0.457. The maximum atomic E-state index is 13.1. The summed E-state index contributed by atoms with van der Waals surface area (Å²) < 4.78 is 48.5. The molecule has 284 valence electrons. The van der Waals surface area contributed by atoms with Gasteiger partial charge in [0, 0.05) is 29.2 Å². The number of halogens is 4. The predicted octanol–water partition coefficient (Wildman–Crippen LogP) is 4.60.